The van der Waals surface area contributed by atoms with Gasteiger partial charge >= 0.3 is 5.97 Å². The van der Waals surface area contributed by atoms with Gasteiger partial charge in [0.15, 0.2) is 0 Å². The number of benzene rings is 1. The first-order valence-electron chi connectivity index (χ1n) is 5.58. The molecular formula is C14H13NO3. The van der Waals surface area contributed by atoms with Gasteiger partial charge in [0.1, 0.15) is 23.0 Å². The van der Waals surface area contributed by atoms with Gasteiger partial charge in [0, 0.05) is 6.42 Å². The fourth-order valence-electron chi connectivity index (χ4n) is 2.03. The van der Waals surface area contributed by atoms with Crippen LogP contribution in [0.15, 0.2) is 23.8 Å². The lowest BCUT2D eigenvalue weighted by Crippen LogP contribution is -2.24. The summed E-state index contributed by atoms with van der Waals surface area (Å²) in [6.45, 7) is 4.00. The van der Waals surface area contributed by atoms with Crippen LogP contribution >= 0.6 is 0 Å². The first kappa shape index (κ1) is 12.2. The highest BCUT2D eigenvalue weighted by atomic mass is 16.5. The summed E-state index contributed by atoms with van der Waals surface area (Å²) in [7, 11) is 0. The number of nitriles is 1. The van der Waals surface area contributed by atoms with E-state index in [1.54, 1.807) is 12.1 Å². The van der Waals surface area contributed by atoms with Crippen molar-refractivity contribution in [1.82, 2.24) is 0 Å². The largest absolute Gasteiger partial charge is 0.487 e. The minimum absolute atomic E-state index is 0.227. The van der Waals surface area contributed by atoms with Gasteiger partial charge in [-0.1, -0.05) is 6.07 Å². The molecule has 1 N–H and O–H groups in total. The van der Waals surface area contributed by atoms with Crippen molar-refractivity contribution < 1.29 is 14.6 Å². The number of nitrogens with zero attached hydrogens (tertiary/aromatic N) is 1. The molecule has 0 aromatic heterocycles. The molecule has 4 heteroatoms. The molecule has 0 fully saturated rings. The van der Waals surface area contributed by atoms with Crippen LogP contribution < -0.4 is 4.74 Å². The highest BCUT2D eigenvalue weighted by Crippen LogP contribution is 2.35. The van der Waals surface area contributed by atoms with E-state index in [0.29, 0.717) is 5.56 Å². The Labute approximate surface area is 105 Å². The third-order valence-corrected chi connectivity index (χ3v) is 2.75. The summed E-state index contributed by atoms with van der Waals surface area (Å²) in [5.74, 6) is -0.388. The summed E-state index contributed by atoms with van der Waals surface area (Å²) in [5, 5.41) is 17.5. The lowest BCUT2D eigenvalue weighted by atomic mass is 9.99. The van der Waals surface area contributed by atoms with E-state index in [1.165, 1.54) is 6.08 Å². The molecule has 0 bridgehead atoms. The Morgan fingerprint density at radius 2 is 2.28 bits per heavy atom. The molecular weight excluding hydrogens is 230 g/mol. The normalized spacial score (nSPS) is 16.6. The summed E-state index contributed by atoms with van der Waals surface area (Å²) >= 11 is 0. The molecule has 0 unspecified atom stereocenters. The van der Waals surface area contributed by atoms with E-state index < -0.39 is 5.97 Å². The van der Waals surface area contributed by atoms with Crippen molar-refractivity contribution >= 4 is 12.0 Å². The van der Waals surface area contributed by atoms with Gasteiger partial charge in [0.25, 0.3) is 0 Å². The maximum atomic E-state index is 10.8. The smallest absolute Gasteiger partial charge is 0.346 e. The van der Waals surface area contributed by atoms with Crippen LogP contribution in [0.5, 0.6) is 5.75 Å². The molecule has 2 rings (SSSR count). The molecule has 92 valence electrons. The van der Waals surface area contributed by atoms with Gasteiger partial charge in [-0.3, -0.25) is 0 Å². The molecule has 4 nitrogen and oxygen atoms in total. The molecule has 0 saturated carbocycles. The SMILES string of the molecule is CC1(C)Cc2cc(/C=C(/C#N)C(=O)O)ccc2O1. The predicted molar refractivity (Wildman–Crippen MR) is 66.1 cm³/mol. The van der Waals surface area contributed by atoms with E-state index in [2.05, 4.69) is 0 Å². The monoisotopic (exact) mass is 243 g/mol. The van der Waals surface area contributed by atoms with E-state index in [1.807, 2.05) is 26.0 Å². The highest BCUT2D eigenvalue weighted by Gasteiger charge is 2.29. The topological polar surface area (TPSA) is 70.3 Å². The third-order valence-electron chi connectivity index (χ3n) is 2.75. The lowest BCUT2D eigenvalue weighted by molar-refractivity contribution is -0.132. The van der Waals surface area contributed by atoms with Crippen molar-refractivity contribution in [3.05, 3.63) is 34.9 Å². The molecule has 18 heavy (non-hydrogen) atoms. The van der Waals surface area contributed by atoms with Crippen LogP contribution in [-0.4, -0.2) is 16.7 Å². The number of carboxylic acids is 1. The van der Waals surface area contributed by atoms with Crippen LogP contribution in [-0.2, 0) is 11.2 Å². The average Bonchev–Trinajstić information content (AvgIpc) is 2.58. The zero-order valence-corrected chi connectivity index (χ0v) is 10.2. The quantitative estimate of drug-likeness (QED) is 0.639. The maximum absolute atomic E-state index is 10.8. The number of carbonyl (C=O) groups is 1. The molecule has 1 aromatic rings. The molecule has 0 amide bonds. The molecule has 0 saturated heterocycles. The molecule has 0 atom stereocenters. The number of aliphatic carboxylic acids is 1. The highest BCUT2D eigenvalue weighted by molar-refractivity contribution is 5.96. The van der Waals surface area contributed by atoms with Crippen LogP contribution in [0.25, 0.3) is 6.08 Å². The Morgan fingerprint density at radius 3 is 2.89 bits per heavy atom. The molecule has 1 aromatic carbocycles. The van der Waals surface area contributed by atoms with Gasteiger partial charge in [-0.05, 0) is 43.2 Å². The fraction of sp³-hybridized carbons (Fsp3) is 0.286. The number of carboxylic acid groups (broad SMARTS) is 1. The second kappa shape index (κ2) is 4.19. The zero-order valence-electron chi connectivity index (χ0n) is 10.2. The number of hydrogen-bond acceptors (Lipinski definition) is 3. The summed E-state index contributed by atoms with van der Waals surface area (Å²) in [6.07, 6.45) is 2.15. The van der Waals surface area contributed by atoms with E-state index in [-0.39, 0.29) is 11.2 Å². The van der Waals surface area contributed by atoms with Gasteiger partial charge < -0.3 is 9.84 Å². The molecule has 1 aliphatic heterocycles. The van der Waals surface area contributed by atoms with E-state index in [9.17, 15) is 4.79 Å². The van der Waals surface area contributed by atoms with E-state index >= 15 is 0 Å². The summed E-state index contributed by atoms with van der Waals surface area (Å²) in [4.78, 5) is 10.8. The number of ether oxygens (including phenoxy) is 1. The van der Waals surface area contributed by atoms with Crippen molar-refractivity contribution in [2.45, 2.75) is 25.9 Å². The lowest BCUT2D eigenvalue weighted by Gasteiger charge is -2.16. The molecule has 1 heterocycles. The maximum Gasteiger partial charge on any atom is 0.346 e. The first-order chi connectivity index (χ1) is 8.41. The first-order valence-corrected chi connectivity index (χ1v) is 5.58. The van der Waals surface area contributed by atoms with Crippen molar-refractivity contribution in [2.24, 2.45) is 0 Å². The molecule has 0 spiro atoms. The standard InChI is InChI=1S/C14H13NO3/c1-14(2)7-10-5-9(3-4-12(10)18-14)6-11(8-15)13(16)17/h3-6H,7H2,1-2H3,(H,16,17)/b11-6-. The van der Waals surface area contributed by atoms with Crippen LogP contribution in [0, 0.1) is 11.3 Å². The van der Waals surface area contributed by atoms with Crippen molar-refractivity contribution in [3.63, 3.8) is 0 Å². The number of fused-ring (bicyclic) bond motifs is 1. The molecule has 1 aliphatic rings. The van der Waals surface area contributed by atoms with E-state index in [4.69, 9.17) is 15.1 Å². The van der Waals surface area contributed by atoms with Crippen LogP contribution in [0.2, 0.25) is 0 Å². The zero-order chi connectivity index (χ0) is 13.3. The Bertz CT molecular complexity index is 579. The molecule has 0 radical (unpaired) electrons. The van der Waals surface area contributed by atoms with E-state index in [0.717, 1.165) is 17.7 Å². The predicted octanol–water partition coefficient (Wildman–Crippen LogP) is 2.39. The minimum Gasteiger partial charge on any atom is -0.487 e. The van der Waals surface area contributed by atoms with Gasteiger partial charge in [-0.25, -0.2) is 4.79 Å². The Kier molecular flexibility index (Phi) is 2.84. The third kappa shape index (κ3) is 2.35. The average molecular weight is 243 g/mol. The van der Waals surface area contributed by atoms with Crippen LogP contribution in [0.3, 0.4) is 0 Å². The van der Waals surface area contributed by atoms with Gasteiger partial charge in [-0.2, -0.15) is 5.26 Å². The van der Waals surface area contributed by atoms with Gasteiger partial charge in [0.05, 0.1) is 0 Å². The van der Waals surface area contributed by atoms with Crippen molar-refractivity contribution in [3.8, 4) is 11.8 Å². The summed E-state index contributed by atoms with van der Waals surface area (Å²) in [6, 6.07) is 7.09. The van der Waals surface area contributed by atoms with Crippen LogP contribution in [0.1, 0.15) is 25.0 Å². The Hall–Kier alpha value is -2.28. The number of rotatable bonds is 2. The van der Waals surface area contributed by atoms with Crippen molar-refractivity contribution in [1.29, 1.82) is 5.26 Å². The van der Waals surface area contributed by atoms with Crippen molar-refractivity contribution in [2.75, 3.05) is 0 Å². The minimum atomic E-state index is -1.21. The summed E-state index contributed by atoms with van der Waals surface area (Å²) in [5.41, 5.74) is 1.24. The number of hydrogen-bond donors (Lipinski definition) is 1. The Balaban J connectivity index is 2.36. The van der Waals surface area contributed by atoms with Gasteiger partial charge in [-0.15, -0.1) is 0 Å². The molecule has 0 aliphatic carbocycles. The second-order valence-electron chi connectivity index (χ2n) is 4.88. The second-order valence-corrected chi connectivity index (χ2v) is 4.88. The van der Waals surface area contributed by atoms with Crippen LogP contribution in [0.4, 0.5) is 0 Å². The van der Waals surface area contributed by atoms with Gasteiger partial charge in [0.2, 0.25) is 0 Å². The fourth-order valence-corrected chi connectivity index (χ4v) is 2.03. The summed E-state index contributed by atoms with van der Waals surface area (Å²) < 4.78 is 5.73. The Morgan fingerprint density at radius 1 is 1.56 bits per heavy atom.